The van der Waals surface area contributed by atoms with E-state index < -0.39 is 17.9 Å². The molecular formula is C13H14N2O4. The third-order valence-electron chi connectivity index (χ3n) is 2.94. The van der Waals surface area contributed by atoms with E-state index in [2.05, 4.69) is 10.6 Å². The maximum Gasteiger partial charge on any atom is 0.255 e. The summed E-state index contributed by atoms with van der Waals surface area (Å²) >= 11 is 0. The molecule has 0 aliphatic carbocycles. The van der Waals surface area contributed by atoms with E-state index in [9.17, 15) is 19.5 Å². The summed E-state index contributed by atoms with van der Waals surface area (Å²) in [6.45, 7) is 1.79. The fourth-order valence-corrected chi connectivity index (χ4v) is 1.90. The lowest BCUT2D eigenvalue weighted by atomic mass is 10.0. The van der Waals surface area contributed by atoms with E-state index in [0.717, 1.165) is 5.56 Å². The zero-order valence-electron chi connectivity index (χ0n) is 10.4. The molecule has 3 amide bonds. The van der Waals surface area contributed by atoms with Crippen LogP contribution in [0.25, 0.3) is 0 Å². The smallest absolute Gasteiger partial charge is 0.255 e. The topological polar surface area (TPSA) is 95.5 Å². The molecule has 1 aliphatic heterocycles. The maximum absolute atomic E-state index is 11.9. The Morgan fingerprint density at radius 3 is 2.79 bits per heavy atom. The molecule has 2 rings (SSSR count). The van der Waals surface area contributed by atoms with Crippen molar-refractivity contribution in [1.29, 1.82) is 0 Å². The van der Waals surface area contributed by atoms with Gasteiger partial charge in [-0.1, -0.05) is 6.07 Å². The van der Waals surface area contributed by atoms with Crippen LogP contribution < -0.4 is 10.6 Å². The number of benzene rings is 1. The Balaban J connectivity index is 2.09. The first-order chi connectivity index (χ1) is 8.97. The van der Waals surface area contributed by atoms with Crippen LogP contribution in [0, 0.1) is 6.92 Å². The fourth-order valence-electron chi connectivity index (χ4n) is 1.90. The van der Waals surface area contributed by atoms with E-state index in [1.54, 1.807) is 13.0 Å². The highest BCUT2D eigenvalue weighted by molar-refractivity contribution is 6.04. The van der Waals surface area contributed by atoms with Gasteiger partial charge in [0.1, 0.15) is 11.8 Å². The number of phenolic OH excluding ortho intramolecular Hbond substituents is 1. The Morgan fingerprint density at radius 2 is 2.16 bits per heavy atom. The van der Waals surface area contributed by atoms with Gasteiger partial charge in [-0.05, 0) is 31.0 Å². The highest BCUT2D eigenvalue weighted by atomic mass is 16.3. The lowest BCUT2D eigenvalue weighted by molar-refractivity contribution is -0.134. The molecule has 0 aromatic heterocycles. The molecule has 0 spiro atoms. The van der Waals surface area contributed by atoms with Crippen molar-refractivity contribution in [2.24, 2.45) is 0 Å². The van der Waals surface area contributed by atoms with Crippen molar-refractivity contribution in [3.8, 4) is 5.75 Å². The molecule has 100 valence electrons. The number of phenols is 1. The number of amides is 3. The minimum Gasteiger partial charge on any atom is -0.507 e. The van der Waals surface area contributed by atoms with Gasteiger partial charge in [-0.2, -0.15) is 0 Å². The van der Waals surface area contributed by atoms with Crippen molar-refractivity contribution >= 4 is 17.7 Å². The molecule has 6 nitrogen and oxygen atoms in total. The average molecular weight is 262 g/mol. The summed E-state index contributed by atoms with van der Waals surface area (Å²) in [5.41, 5.74) is 0.936. The number of piperidine rings is 1. The van der Waals surface area contributed by atoms with Gasteiger partial charge in [0.2, 0.25) is 11.8 Å². The normalized spacial score (nSPS) is 18.9. The van der Waals surface area contributed by atoms with E-state index >= 15 is 0 Å². The number of carbonyl (C=O) groups is 3. The Kier molecular flexibility index (Phi) is 3.50. The van der Waals surface area contributed by atoms with Gasteiger partial charge in [-0.3, -0.25) is 19.7 Å². The second kappa shape index (κ2) is 5.09. The first-order valence-electron chi connectivity index (χ1n) is 5.91. The number of rotatable bonds is 2. The quantitative estimate of drug-likeness (QED) is 0.665. The number of hydrogen-bond acceptors (Lipinski definition) is 4. The van der Waals surface area contributed by atoms with Crippen LogP contribution in [0.4, 0.5) is 0 Å². The van der Waals surface area contributed by atoms with Gasteiger partial charge in [0.05, 0.1) is 5.56 Å². The predicted molar refractivity (Wildman–Crippen MR) is 66.5 cm³/mol. The molecule has 1 aliphatic rings. The Bertz CT molecular complexity index is 554. The number of carbonyl (C=O) groups excluding carboxylic acids is 3. The van der Waals surface area contributed by atoms with Crippen LogP contribution in [0.15, 0.2) is 18.2 Å². The van der Waals surface area contributed by atoms with E-state index in [4.69, 9.17) is 0 Å². The van der Waals surface area contributed by atoms with Gasteiger partial charge in [0.15, 0.2) is 0 Å². The molecule has 1 aromatic carbocycles. The predicted octanol–water partition coefficient (Wildman–Crippen LogP) is 0.236. The Morgan fingerprint density at radius 1 is 1.42 bits per heavy atom. The first kappa shape index (κ1) is 13.1. The van der Waals surface area contributed by atoms with Crippen molar-refractivity contribution < 1.29 is 19.5 Å². The fraction of sp³-hybridized carbons (Fsp3) is 0.308. The standard InChI is InChI=1S/C13H14N2O4/c1-7-2-3-8(10(16)6-7)12(18)14-9-4-5-11(17)15-13(9)19/h2-3,6,9,16H,4-5H2,1H3,(H,14,18)(H,15,17,19). The van der Waals surface area contributed by atoms with Crippen LogP contribution in [0.3, 0.4) is 0 Å². The van der Waals surface area contributed by atoms with Gasteiger partial charge in [0, 0.05) is 6.42 Å². The van der Waals surface area contributed by atoms with Crippen LogP contribution >= 0.6 is 0 Å². The van der Waals surface area contributed by atoms with Crippen LogP contribution in [0.5, 0.6) is 5.75 Å². The van der Waals surface area contributed by atoms with E-state index in [1.807, 2.05) is 0 Å². The maximum atomic E-state index is 11.9. The summed E-state index contributed by atoms with van der Waals surface area (Å²) in [5.74, 6) is -1.53. The SMILES string of the molecule is Cc1ccc(C(=O)NC2CCC(=O)NC2=O)c(O)c1. The molecule has 0 bridgehead atoms. The minimum atomic E-state index is -0.745. The molecule has 1 atom stereocenters. The lowest BCUT2D eigenvalue weighted by Crippen LogP contribution is -2.52. The van der Waals surface area contributed by atoms with Gasteiger partial charge >= 0.3 is 0 Å². The zero-order chi connectivity index (χ0) is 14.0. The van der Waals surface area contributed by atoms with Crippen LogP contribution in [0.1, 0.15) is 28.8 Å². The van der Waals surface area contributed by atoms with E-state index in [1.165, 1.54) is 12.1 Å². The van der Waals surface area contributed by atoms with Gasteiger partial charge in [-0.15, -0.1) is 0 Å². The Labute approximate surface area is 109 Å². The largest absolute Gasteiger partial charge is 0.507 e. The van der Waals surface area contributed by atoms with Crippen LogP contribution in [-0.2, 0) is 9.59 Å². The summed E-state index contributed by atoms with van der Waals surface area (Å²) < 4.78 is 0. The molecular weight excluding hydrogens is 248 g/mol. The molecule has 6 heteroatoms. The summed E-state index contributed by atoms with van der Waals surface area (Å²) in [5, 5.41) is 14.3. The lowest BCUT2D eigenvalue weighted by Gasteiger charge is -2.21. The third kappa shape index (κ3) is 2.90. The summed E-state index contributed by atoms with van der Waals surface area (Å²) in [6, 6.07) is 3.91. The van der Waals surface area contributed by atoms with Crippen molar-refractivity contribution in [2.45, 2.75) is 25.8 Å². The van der Waals surface area contributed by atoms with Gasteiger partial charge < -0.3 is 10.4 Å². The van der Waals surface area contributed by atoms with Crippen molar-refractivity contribution in [3.05, 3.63) is 29.3 Å². The summed E-state index contributed by atoms with van der Waals surface area (Å²) in [6.07, 6.45) is 0.458. The number of hydrogen-bond donors (Lipinski definition) is 3. The summed E-state index contributed by atoms with van der Waals surface area (Å²) in [7, 11) is 0. The number of imide groups is 1. The van der Waals surface area contributed by atoms with Gasteiger partial charge in [-0.25, -0.2) is 0 Å². The molecule has 1 unspecified atom stereocenters. The first-order valence-corrected chi connectivity index (χ1v) is 5.91. The van der Waals surface area contributed by atoms with Crippen molar-refractivity contribution in [1.82, 2.24) is 10.6 Å². The van der Waals surface area contributed by atoms with Crippen LogP contribution in [0.2, 0.25) is 0 Å². The molecule has 1 fully saturated rings. The number of aromatic hydroxyl groups is 1. The summed E-state index contributed by atoms with van der Waals surface area (Å²) in [4.78, 5) is 34.4. The highest BCUT2D eigenvalue weighted by Gasteiger charge is 2.28. The molecule has 19 heavy (non-hydrogen) atoms. The van der Waals surface area contributed by atoms with Gasteiger partial charge in [0.25, 0.3) is 5.91 Å². The number of aryl methyl sites for hydroxylation is 1. The zero-order valence-corrected chi connectivity index (χ0v) is 10.4. The molecule has 3 N–H and O–H groups in total. The second-order valence-electron chi connectivity index (χ2n) is 4.50. The van der Waals surface area contributed by atoms with Crippen molar-refractivity contribution in [3.63, 3.8) is 0 Å². The third-order valence-corrected chi connectivity index (χ3v) is 2.94. The minimum absolute atomic E-state index is 0.107. The molecule has 0 saturated carbocycles. The average Bonchev–Trinajstić information content (AvgIpc) is 2.32. The van der Waals surface area contributed by atoms with Crippen LogP contribution in [-0.4, -0.2) is 28.9 Å². The second-order valence-corrected chi connectivity index (χ2v) is 4.50. The van der Waals surface area contributed by atoms with Crippen molar-refractivity contribution in [2.75, 3.05) is 0 Å². The highest BCUT2D eigenvalue weighted by Crippen LogP contribution is 2.18. The Hall–Kier alpha value is -2.37. The molecule has 0 radical (unpaired) electrons. The molecule has 1 heterocycles. The number of nitrogens with one attached hydrogen (secondary N) is 2. The molecule has 1 aromatic rings. The van der Waals surface area contributed by atoms with E-state index in [0.29, 0.717) is 0 Å². The monoisotopic (exact) mass is 262 g/mol. The van der Waals surface area contributed by atoms with E-state index in [-0.39, 0.29) is 30.1 Å². The molecule has 1 saturated heterocycles.